The highest BCUT2D eigenvalue weighted by atomic mass is 16.5. The first-order valence-electron chi connectivity index (χ1n) is 4.79. The SMILES string of the molecule is [CH2]c1ccccc1COC(=O)CCC. The zero-order valence-corrected chi connectivity index (χ0v) is 8.45. The molecule has 0 aromatic heterocycles. The van der Waals surface area contributed by atoms with Crippen molar-refractivity contribution in [1.82, 2.24) is 0 Å². The Morgan fingerprint density at radius 3 is 2.79 bits per heavy atom. The van der Waals surface area contributed by atoms with Gasteiger partial charge in [-0.3, -0.25) is 4.79 Å². The van der Waals surface area contributed by atoms with E-state index in [1.807, 2.05) is 31.2 Å². The lowest BCUT2D eigenvalue weighted by molar-refractivity contribution is -0.144. The van der Waals surface area contributed by atoms with Crippen LogP contribution in [0.25, 0.3) is 0 Å². The number of ether oxygens (including phenoxy) is 1. The smallest absolute Gasteiger partial charge is 0.306 e. The third kappa shape index (κ3) is 3.21. The first kappa shape index (κ1) is 10.8. The standard InChI is InChI=1S/C12H15O2/c1-3-6-12(13)14-9-11-8-5-4-7-10(11)2/h4-5,7-8H,2-3,6,9H2,1H3. The van der Waals surface area contributed by atoms with Crippen molar-refractivity contribution in [2.45, 2.75) is 26.4 Å². The van der Waals surface area contributed by atoms with Gasteiger partial charge in [-0.25, -0.2) is 0 Å². The van der Waals surface area contributed by atoms with E-state index in [2.05, 4.69) is 6.92 Å². The van der Waals surface area contributed by atoms with E-state index >= 15 is 0 Å². The lowest BCUT2D eigenvalue weighted by Crippen LogP contribution is -2.04. The summed E-state index contributed by atoms with van der Waals surface area (Å²) in [5, 5.41) is 0. The van der Waals surface area contributed by atoms with Gasteiger partial charge in [0.05, 0.1) is 0 Å². The second kappa shape index (κ2) is 5.43. The Labute approximate surface area is 84.9 Å². The third-order valence-corrected chi connectivity index (χ3v) is 1.96. The van der Waals surface area contributed by atoms with Crippen LogP contribution in [-0.4, -0.2) is 5.97 Å². The molecule has 0 heterocycles. The number of carbonyl (C=O) groups excluding carboxylic acids is 1. The summed E-state index contributed by atoms with van der Waals surface area (Å²) < 4.78 is 5.07. The maximum absolute atomic E-state index is 11.1. The number of rotatable bonds is 4. The van der Waals surface area contributed by atoms with Gasteiger partial charge in [-0.1, -0.05) is 31.2 Å². The molecule has 0 spiro atoms. The van der Waals surface area contributed by atoms with Crippen LogP contribution >= 0.6 is 0 Å². The van der Waals surface area contributed by atoms with E-state index < -0.39 is 0 Å². The molecule has 0 saturated carbocycles. The molecule has 0 N–H and O–H groups in total. The molecule has 1 aromatic carbocycles. The van der Waals surface area contributed by atoms with Crippen LogP contribution in [0.2, 0.25) is 0 Å². The van der Waals surface area contributed by atoms with Gasteiger partial charge in [-0.2, -0.15) is 0 Å². The Morgan fingerprint density at radius 1 is 1.43 bits per heavy atom. The Bertz CT molecular complexity index is 305. The highest BCUT2D eigenvalue weighted by Gasteiger charge is 2.02. The van der Waals surface area contributed by atoms with Crippen LogP contribution < -0.4 is 0 Å². The van der Waals surface area contributed by atoms with Crippen molar-refractivity contribution in [2.24, 2.45) is 0 Å². The lowest BCUT2D eigenvalue weighted by Gasteiger charge is -2.06. The van der Waals surface area contributed by atoms with E-state index in [-0.39, 0.29) is 5.97 Å². The van der Waals surface area contributed by atoms with Crippen molar-refractivity contribution >= 4 is 5.97 Å². The second-order valence-corrected chi connectivity index (χ2v) is 3.18. The minimum atomic E-state index is -0.143. The van der Waals surface area contributed by atoms with Gasteiger partial charge in [0.15, 0.2) is 0 Å². The van der Waals surface area contributed by atoms with E-state index in [1.54, 1.807) is 0 Å². The molecule has 0 aliphatic heterocycles. The molecule has 1 rings (SSSR count). The Morgan fingerprint density at radius 2 is 2.14 bits per heavy atom. The van der Waals surface area contributed by atoms with Crippen LogP contribution in [0.1, 0.15) is 30.9 Å². The van der Waals surface area contributed by atoms with E-state index in [1.165, 1.54) is 0 Å². The van der Waals surface area contributed by atoms with Gasteiger partial charge >= 0.3 is 5.97 Å². The fourth-order valence-corrected chi connectivity index (χ4v) is 1.13. The predicted molar refractivity (Wildman–Crippen MR) is 55.6 cm³/mol. The molecule has 1 aromatic rings. The van der Waals surface area contributed by atoms with Crippen LogP contribution in [0.15, 0.2) is 24.3 Å². The first-order chi connectivity index (χ1) is 6.74. The van der Waals surface area contributed by atoms with Crippen LogP contribution in [0.5, 0.6) is 0 Å². The van der Waals surface area contributed by atoms with E-state index in [0.29, 0.717) is 13.0 Å². The van der Waals surface area contributed by atoms with Crippen molar-refractivity contribution < 1.29 is 9.53 Å². The number of benzene rings is 1. The van der Waals surface area contributed by atoms with Crippen LogP contribution in [0.4, 0.5) is 0 Å². The minimum Gasteiger partial charge on any atom is -0.461 e. The molecule has 14 heavy (non-hydrogen) atoms. The van der Waals surface area contributed by atoms with Gasteiger partial charge in [0.25, 0.3) is 0 Å². The largest absolute Gasteiger partial charge is 0.461 e. The molecule has 0 amide bonds. The number of esters is 1. The Balaban J connectivity index is 2.46. The molecular formula is C12H15O2. The molecular weight excluding hydrogens is 176 g/mol. The van der Waals surface area contributed by atoms with E-state index in [4.69, 9.17) is 4.74 Å². The molecule has 2 nitrogen and oxygen atoms in total. The summed E-state index contributed by atoms with van der Waals surface area (Å²) >= 11 is 0. The number of hydrogen-bond donors (Lipinski definition) is 0. The molecule has 0 atom stereocenters. The number of hydrogen-bond acceptors (Lipinski definition) is 2. The van der Waals surface area contributed by atoms with Crippen molar-refractivity contribution in [3.63, 3.8) is 0 Å². The maximum Gasteiger partial charge on any atom is 0.306 e. The zero-order chi connectivity index (χ0) is 10.4. The van der Waals surface area contributed by atoms with Crippen molar-refractivity contribution in [3.8, 4) is 0 Å². The lowest BCUT2D eigenvalue weighted by atomic mass is 10.1. The molecule has 0 bridgehead atoms. The molecule has 0 fully saturated rings. The average Bonchev–Trinajstić information content (AvgIpc) is 2.17. The summed E-state index contributed by atoms with van der Waals surface area (Å²) in [6.07, 6.45) is 1.31. The molecule has 2 heteroatoms. The fraction of sp³-hybridized carbons (Fsp3) is 0.333. The normalized spacial score (nSPS) is 9.86. The maximum atomic E-state index is 11.1. The van der Waals surface area contributed by atoms with Gasteiger partial charge in [-0.05, 0) is 24.5 Å². The third-order valence-electron chi connectivity index (χ3n) is 1.96. The van der Waals surface area contributed by atoms with Crippen LogP contribution in [0, 0.1) is 6.92 Å². The van der Waals surface area contributed by atoms with Crippen molar-refractivity contribution in [1.29, 1.82) is 0 Å². The van der Waals surface area contributed by atoms with Crippen LogP contribution in [-0.2, 0) is 16.1 Å². The summed E-state index contributed by atoms with van der Waals surface area (Å²) in [6.45, 7) is 6.14. The summed E-state index contributed by atoms with van der Waals surface area (Å²) in [6, 6.07) is 7.65. The highest BCUT2D eigenvalue weighted by Crippen LogP contribution is 2.08. The summed E-state index contributed by atoms with van der Waals surface area (Å²) in [7, 11) is 0. The Hall–Kier alpha value is -1.31. The summed E-state index contributed by atoms with van der Waals surface area (Å²) in [5.74, 6) is -0.143. The van der Waals surface area contributed by atoms with Gasteiger partial charge in [0, 0.05) is 6.42 Å². The van der Waals surface area contributed by atoms with Crippen molar-refractivity contribution in [3.05, 3.63) is 42.3 Å². The Kier molecular flexibility index (Phi) is 4.17. The minimum absolute atomic E-state index is 0.143. The van der Waals surface area contributed by atoms with Gasteiger partial charge < -0.3 is 4.74 Å². The summed E-state index contributed by atoms with van der Waals surface area (Å²) in [4.78, 5) is 11.1. The van der Waals surface area contributed by atoms with Crippen molar-refractivity contribution in [2.75, 3.05) is 0 Å². The molecule has 0 aliphatic rings. The van der Waals surface area contributed by atoms with Gasteiger partial charge in [0.2, 0.25) is 0 Å². The topological polar surface area (TPSA) is 26.3 Å². The zero-order valence-electron chi connectivity index (χ0n) is 8.45. The average molecular weight is 191 g/mol. The fourth-order valence-electron chi connectivity index (χ4n) is 1.13. The van der Waals surface area contributed by atoms with E-state index in [9.17, 15) is 4.79 Å². The van der Waals surface area contributed by atoms with E-state index in [0.717, 1.165) is 17.5 Å². The molecule has 0 aliphatic carbocycles. The van der Waals surface area contributed by atoms with Gasteiger partial charge in [0.1, 0.15) is 6.61 Å². The molecule has 0 saturated heterocycles. The molecule has 1 radical (unpaired) electrons. The number of carbonyl (C=O) groups is 1. The first-order valence-corrected chi connectivity index (χ1v) is 4.79. The summed E-state index contributed by atoms with van der Waals surface area (Å²) in [5.41, 5.74) is 1.88. The monoisotopic (exact) mass is 191 g/mol. The highest BCUT2D eigenvalue weighted by molar-refractivity contribution is 5.69. The van der Waals surface area contributed by atoms with Crippen LogP contribution in [0.3, 0.4) is 0 Å². The second-order valence-electron chi connectivity index (χ2n) is 3.18. The molecule has 75 valence electrons. The molecule has 0 unspecified atom stereocenters. The predicted octanol–water partition coefficient (Wildman–Crippen LogP) is 2.71. The van der Waals surface area contributed by atoms with Gasteiger partial charge in [-0.15, -0.1) is 0 Å². The quantitative estimate of drug-likeness (QED) is 0.684.